The van der Waals surface area contributed by atoms with E-state index in [2.05, 4.69) is 54.5 Å². The van der Waals surface area contributed by atoms with Gasteiger partial charge in [-0.2, -0.15) is 38.0 Å². The van der Waals surface area contributed by atoms with Gasteiger partial charge in [-0.15, -0.1) is 5.30 Å². The molecule has 4 aromatic carbocycles. The molecule has 0 spiro atoms. The number of rotatable bonds is 5. The van der Waals surface area contributed by atoms with Gasteiger partial charge in [-0.25, -0.2) is 12.1 Å². The van der Waals surface area contributed by atoms with Crippen LogP contribution in [-0.2, 0) is 29.4 Å². The van der Waals surface area contributed by atoms with Gasteiger partial charge in [0, 0.05) is 17.1 Å². The van der Waals surface area contributed by atoms with Crippen LogP contribution < -0.4 is 15.9 Å². The van der Waals surface area contributed by atoms with Crippen molar-refractivity contribution in [1.29, 1.82) is 0 Å². The van der Waals surface area contributed by atoms with Crippen LogP contribution in [0.4, 0.5) is 26.3 Å². The third kappa shape index (κ3) is 9.79. The molecule has 4 rings (SSSR count). The smallest absolute Gasteiger partial charge is 0.416 e. The number of halogens is 6. The average molecular weight is 678 g/mol. The van der Waals surface area contributed by atoms with E-state index in [4.69, 9.17) is 0 Å². The Hall–Kier alpha value is -1.90. The van der Waals surface area contributed by atoms with Gasteiger partial charge in [0.15, 0.2) is 0 Å². The standard InChI is InChI=1S/C29H33F6P2.C5H5.Fe/c1-19(37(26(2,3)4)27(5,6)7)24-9-8-10-25(24)36(22-15-11-20(12-16-22)28(30,31)32)23-17-13-21(14-18-23)29(33,34)35;1-2-4-5-3-1;/h8-19H,1-7H3;1-5H;/q-1;-5;/t19-;;/m0../s1. The molecule has 0 saturated carbocycles. The molecule has 0 aliphatic heterocycles. The molecule has 0 unspecified atom stereocenters. The fourth-order valence-corrected chi connectivity index (χ4v) is 13.1. The molecule has 9 heteroatoms. The fraction of sp³-hybridized carbons (Fsp3) is 0.353. The van der Waals surface area contributed by atoms with Crippen molar-refractivity contribution in [2.45, 2.75) is 76.8 Å². The SMILES string of the molecule is C[C@@H](c1ccc[c-]1P(c1ccc(C(F)(F)F)cc1)c1ccc(C(F)(F)F)cc1)P(C(C)(C)C)C(C)(C)C.[Fe].[cH-]1[cH-][cH-][cH-][cH-]1. The third-order valence-corrected chi connectivity index (χ3v) is 13.3. The Morgan fingerprint density at radius 2 is 0.953 bits per heavy atom. The Morgan fingerprint density at radius 1 is 0.605 bits per heavy atom. The van der Waals surface area contributed by atoms with Crippen LogP contribution in [0.1, 0.15) is 70.8 Å². The van der Waals surface area contributed by atoms with E-state index < -0.39 is 39.3 Å². The van der Waals surface area contributed by atoms with Gasteiger partial charge in [0.05, 0.1) is 11.1 Å². The molecule has 0 fully saturated rings. The molecule has 0 amide bonds. The van der Waals surface area contributed by atoms with Crippen molar-refractivity contribution >= 4 is 31.8 Å². The summed E-state index contributed by atoms with van der Waals surface area (Å²) in [5.74, 6) is 0. The van der Waals surface area contributed by atoms with Gasteiger partial charge in [-0.1, -0.05) is 88.6 Å². The first-order chi connectivity index (χ1) is 19.3. The quantitative estimate of drug-likeness (QED) is 0.0853. The number of hydrogen-bond donors (Lipinski definition) is 0. The Kier molecular flexibility index (Phi) is 12.5. The number of hydrogen-bond acceptors (Lipinski definition) is 0. The van der Waals surface area contributed by atoms with Crippen molar-refractivity contribution in [2.75, 3.05) is 0 Å². The van der Waals surface area contributed by atoms with Crippen LogP contribution in [0, 0.1) is 0 Å². The van der Waals surface area contributed by atoms with E-state index in [0.29, 0.717) is 10.6 Å². The molecule has 0 N–H and O–H groups in total. The minimum Gasteiger partial charge on any atom is -0.748 e. The molecule has 240 valence electrons. The van der Waals surface area contributed by atoms with Crippen LogP contribution in [0.3, 0.4) is 0 Å². The van der Waals surface area contributed by atoms with E-state index >= 15 is 0 Å². The maximum absolute atomic E-state index is 13.3. The summed E-state index contributed by atoms with van der Waals surface area (Å²) >= 11 is 0. The fourth-order valence-electron chi connectivity index (χ4n) is 5.64. The van der Waals surface area contributed by atoms with Crippen molar-refractivity contribution in [1.82, 2.24) is 0 Å². The molecule has 0 saturated heterocycles. The molecular weight excluding hydrogens is 640 g/mol. The van der Waals surface area contributed by atoms with Crippen LogP contribution in [0.5, 0.6) is 0 Å². The monoisotopic (exact) mass is 678 g/mol. The number of benzene rings is 2. The maximum Gasteiger partial charge on any atom is 0.416 e. The van der Waals surface area contributed by atoms with Crippen molar-refractivity contribution < 1.29 is 43.4 Å². The Labute approximate surface area is 265 Å². The molecule has 1 atom stereocenters. The second kappa shape index (κ2) is 14.5. The van der Waals surface area contributed by atoms with Gasteiger partial charge in [0.1, 0.15) is 0 Å². The summed E-state index contributed by atoms with van der Waals surface area (Å²) in [5.41, 5.74) is -0.215. The topological polar surface area (TPSA) is 0 Å². The zero-order chi connectivity index (χ0) is 31.5. The van der Waals surface area contributed by atoms with Crippen LogP contribution in [0.15, 0.2) is 97.1 Å². The summed E-state index contributed by atoms with van der Waals surface area (Å²) in [4.78, 5) is 0. The second-order valence-corrected chi connectivity index (χ2v) is 18.5. The number of alkyl halides is 6. The van der Waals surface area contributed by atoms with Crippen LogP contribution in [0.25, 0.3) is 0 Å². The van der Waals surface area contributed by atoms with Gasteiger partial charge < -0.3 is 30.3 Å². The second-order valence-electron chi connectivity index (χ2n) is 12.1. The predicted octanol–water partition coefficient (Wildman–Crippen LogP) is 10.7. The first kappa shape index (κ1) is 37.3. The van der Waals surface area contributed by atoms with E-state index in [1.807, 2.05) is 42.5 Å². The first-order valence-corrected chi connectivity index (χ1v) is 16.4. The molecule has 4 aromatic rings. The van der Waals surface area contributed by atoms with E-state index in [0.717, 1.165) is 35.1 Å². The van der Waals surface area contributed by atoms with Gasteiger partial charge in [-0.3, -0.25) is 0 Å². The molecule has 0 heterocycles. The van der Waals surface area contributed by atoms with Crippen molar-refractivity contribution in [3.05, 3.63) is 114 Å². The zero-order valence-electron chi connectivity index (χ0n) is 25.3. The van der Waals surface area contributed by atoms with Crippen molar-refractivity contribution in [2.24, 2.45) is 0 Å². The summed E-state index contributed by atoms with van der Waals surface area (Å²) in [6, 6.07) is 26.1. The minimum absolute atomic E-state index is 0. The largest absolute Gasteiger partial charge is 0.748 e. The summed E-state index contributed by atoms with van der Waals surface area (Å²) in [6.07, 6.45) is -8.93. The van der Waals surface area contributed by atoms with Crippen molar-refractivity contribution in [3.8, 4) is 0 Å². The normalized spacial score (nSPS) is 13.4. The van der Waals surface area contributed by atoms with E-state index in [9.17, 15) is 26.3 Å². The molecule has 0 aliphatic carbocycles. The molecule has 0 radical (unpaired) electrons. The van der Waals surface area contributed by atoms with Gasteiger partial charge >= 0.3 is 12.4 Å². The third-order valence-electron chi connectivity index (χ3n) is 6.81. The predicted molar refractivity (Wildman–Crippen MR) is 168 cm³/mol. The van der Waals surface area contributed by atoms with Gasteiger partial charge in [0.25, 0.3) is 0 Å². The van der Waals surface area contributed by atoms with E-state index in [1.165, 1.54) is 24.3 Å². The molecule has 43 heavy (non-hydrogen) atoms. The molecule has 0 aromatic heterocycles. The van der Waals surface area contributed by atoms with Crippen LogP contribution in [-0.4, -0.2) is 10.3 Å². The average Bonchev–Trinajstić information content (AvgIpc) is 3.58. The van der Waals surface area contributed by atoms with Crippen molar-refractivity contribution in [3.63, 3.8) is 0 Å². The van der Waals surface area contributed by atoms with E-state index in [-0.39, 0.29) is 33.0 Å². The molecular formula is C34H38F6FeP2-6. The Morgan fingerprint density at radius 3 is 1.26 bits per heavy atom. The van der Waals surface area contributed by atoms with Gasteiger partial charge in [0.2, 0.25) is 0 Å². The summed E-state index contributed by atoms with van der Waals surface area (Å²) < 4.78 is 79.5. The summed E-state index contributed by atoms with van der Waals surface area (Å²) in [5, 5.41) is 2.37. The van der Waals surface area contributed by atoms with Gasteiger partial charge in [-0.05, 0) is 50.8 Å². The minimum atomic E-state index is -4.47. The molecule has 0 bridgehead atoms. The Bertz CT molecular complexity index is 1280. The summed E-state index contributed by atoms with van der Waals surface area (Å²) in [7, 11) is -1.94. The molecule has 0 aliphatic rings. The summed E-state index contributed by atoms with van der Waals surface area (Å²) in [6.45, 7) is 15.6. The van der Waals surface area contributed by atoms with Crippen LogP contribution >= 0.6 is 15.8 Å². The first-order valence-electron chi connectivity index (χ1n) is 13.7. The van der Waals surface area contributed by atoms with Crippen LogP contribution in [0.2, 0.25) is 0 Å². The maximum atomic E-state index is 13.3. The Balaban J connectivity index is 0.000000973. The zero-order valence-corrected chi connectivity index (χ0v) is 28.2. The molecule has 0 nitrogen and oxygen atoms in total. The van der Waals surface area contributed by atoms with E-state index in [1.54, 1.807) is 0 Å².